The zero-order valence-electron chi connectivity index (χ0n) is 20.3. The number of benzene rings is 2. The smallest absolute Gasteiger partial charge is 0.262 e. The second-order valence-electron chi connectivity index (χ2n) is 10.1. The predicted octanol–water partition coefficient (Wildman–Crippen LogP) is 2.09. The molecular weight excluding hydrogens is 492 g/mol. The highest BCUT2D eigenvalue weighted by Crippen LogP contribution is 2.37. The maximum atomic E-state index is 13.2. The highest BCUT2D eigenvalue weighted by atomic mass is 32.2. The van der Waals surface area contributed by atoms with Crippen LogP contribution in [0.1, 0.15) is 57.5 Å². The van der Waals surface area contributed by atoms with Gasteiger partial charge in [0.2, 0.25) is 11.8 Å². The van der Waals surface area contributed by atoms with E-state index < -0.39 is 35.3 Å². The Morgan fingerprint density at radius 1 is 1.00 bits per heavy atom. The predicted molar refractivity (Wildman–Crippen MR) is 137 cm³/mol. The van der Waals surface area contributed by atoms with Crippen LogP contribution >= 0.6 is 11.8 Å². The van der Waals surface area contributed by atoms with E-state index in [2.05, 4.69) is 33.7 Å². The minimum absolute atomic E-state index is 0.0756. The lowest BCUT2D eigenvalue weighted by atomic mass is 9.83. The van der Waals surface area contributed by atoms with Crippen LogP contribution in [-0.2, 0) is 21.7 Å². The fourth-order valence-electron chi connectivity index (χ4n) is 5.67. The molecule has 10 heteroatoms. The van der Waals surface area contributed by atoms with Crippen molar-refractivity contribution in [2.45, 2.75) is 48.8 Å². The van der Waals surface area contributed by atoms with Crippen LogP contribution in [0, 0.1) is 0 Å². The molecule has 2 aromatic rings. The number of nitrogens with zero attached hydrogens (tertiary/aromatic N) is 2. The number of likely N-dealkylation sites (tertiary alicyclic amines) is 1. The molecule has 0 radical (unpaired) electrons. The van der Waals surface area contributed by atoms with E-state index in [4.69, 9.17) is 0 Å². The number of imide groups is 2. The highest BCUT2D eigenvalue weighted by Gasteiger charge is 2.45. The molecule has 37 heavy (non-hydrogen) atoms. The van der Waals surface area contributed by atoms with Crippen LogP contribution in [-0.4, -0.2) is 70.0 Å². The molecule has 2 fully saturated rings. The summed E-state index contributed by atoms with van der Waals surface area (Å²) in [5.41, 5.74) is 2.33. The number of hydrogen-bond acceptors (Lipinski definition) is 8. The minimum Gasteiger partial charge on any atom is -0.385 e. The lowest BCUT2D eigenvalue weighted by Gasteiger charge is -2.38. The number of nitrogens with one attached hydrogen (secondary N) is 2. The Balaban J connectivity index is 1.15. The van der Waals surface area contributed by atoms with Gasteiger partial charge in [0.15, 0.2) is 0 Å². The van der Waals surface area contributed by atoms with Gasteiger partial charge in [-0.15, -0.1) is 11.8 Å². The van der Waals surface area contributed by atoms with Crippen molar-refractivity contribution in [1.29, 1.82) is 0 Å². The standard InChI is InChI=1S/C27H28N4O5S/c32-23-6-4-21(24(33)29-23)31-25(34)18-3-2-17(14-19(18)26(31)35)27(36)7-10-30(11-8-27)15-16-1-5-22-20(13-16)28-9-12-37-22/h1-3,5,13-14,21,28,36H,4,6-12,15H2,(H,29,32,33). The van der Waals surface area contributed by atoms with E-state index in [0.29, 0.717) is 31.5 Å². The summed E-state index contributed by atoms with van der Waals surface area (Å²) in [6.45, 7) is 3.16. The molecule has 2 saturated heterocycles. The van der Waals surface area contributed by atoms with Gasteiger partial charge in [-0.1, -0.05) is 12.1 Å². The number of carbonyl (C=O) groups excluding carboxylic acids is 4. The van der Waals surface area contributed by atoms with Crippen LogP contribution in [0.25, 0.3) is 0 Å². The Kier molecular flexibility index (Phi) is 6.05. The normalized spacial score (nSPS) is 23.4. The molecule has 9 nitrogen and oxygen atoms in total. The summed E-state index contributed by atoms with van der Waals surface area (Å²) in [6.07, 6.45) is 1.20. The van der Waals surface area contributed by atoms with Gasteiger partial charge in [0.1, 0.15) is 6.04 Å². The van der Waals surface area contributed by atoms with E-state index in [1.807, 2.05) is 11.8 Å². The second-order valence-corrected chi connectivity index (χ2v) is 11.3. The van der Waals surface area contributed by atoms with Crippen LogP contribution < -0.4 is 10.6 Å². The minimum atomic E-state index is -1.11. The molecule has 1 atom stereocenters. The molecule has 2 aromatic carbocycles. The topological polar surface area (TPSA) is 119 Å². The average molecular weight is 521 g/mol. The molecule has 0 bridgehead atoms. The highest BCUT2D eigenvalue weighted by molar-refractivity contribution is 7.99. The fraction of sp³-hybridized carbons (Fsp3) is 0.407. The van der Waals surface area contributed by atoms with E-state index in [-0.39, 0.29) is 24.0 Å². The van der Waals surface area contributed by atoms with Gasteiger partial charge < -0.3 is 10.4 Å². The Hall–Kier alpha value is -3.21. The van der Waals surface area contributed by atoms with Gasteiger partial charge in [-0.3, -0.25) is 34.3 Å². The van der Waals surface area contributed by atoms with Gasteiger partial charge in [0, 0.05) is 48.9 Å². The monoisotopic (exact) mass is 520 g/mol. The lowest BCUT2D eigenvalue weighted by Crippen LogP contribution is -2.54. The quantitative estimate of drug-likeness (QED) is 0.525. The maximum Gasteiger partial charge on any atom is 0.262 e. The van der Waals surface area contributed by atoms with Gasteiger partial charge in [-0.25, -0.2) is 0 Å². The van der Waals surface area contributed by atoms with Gasteiger partial charge >= 0.3 is 0 Å². The lowest BCUT2D eigenvalue weighted by molar-refractivity contribution is -0.136. The molecule has 4 amide bonds. The number of carbonyl (C=O) groups is 4. The van der Waals surface area contributed by atoms with E-state index in [9.17, 15) is 24.3 Å². The number of hydrogen-bond donors (Lipinski definition) is 3. The molecule has 0 aliphatic carbocycles. The Morgan fingerprint density at radius 2 is 1.78 bits per heavy atom. The number of aliphatic hydroxyl groups is 1. The number of thioether (sulfide) groups is 1. The van der Waals surface area contributed by atoms with Crippen LogP contribution in [0.4, 0.5) is 5.69 Å². The van der Waals surface area contributed by atoms with Crippen LogP contribution in [0.3, 0.4) is 0 Å². The fourth-order valence-corrected chi connectivity index (χ4v) is 6.55. The van der Waals surface area contributed by atoms with E-state index in [0.717, 1.165) is 23.7 Å². The summed E-state index contributed by atoms with van der Waals surface area (Å²) >= 11 is 1.87. The molecule has 4 heterocycles. The Bertz CT molecular complexity index is 1320. The van der Waals surface area contributed by atoms with Crippen molar-refractivity contribution >= 4 is 41.1 Å². The average Bonchev–Trinajstić information content (AvgIpc) is 3.15. The van der Waals surface area contributed by atoms with Crippen molar-refractivity contribution in [2.75, 3.05) is 30.7 Å². The number of amides is 4. The summed E-state index contributed by atoms with van der Waals surface area (Å²) < 4.78 is 0. The number of anilines is 1. The summed E-state index contributed by atoms with van der Waals surface area (Å²) in [4.78, 5) is 54.5. The van der Waals surface area contributed by atoms with Crippen molar-refractivity contribution in [3.8, 4) is 0 Å². The zero-order chi connectivity index (χ0) is 25.7. The largest absolute Gasteiger partial charge is 0.385 e. The number of rotatable bonds is 4. The van der Waals surface area contributed by atoms with Crippen LogP contribution in [0.15, 0.2) is 41.3 Å². The first-order valence-electron chi connectivity index (χ1n) is 12.6. The first-order chi connectivity index (χ1) is 17.8. The van der Waals surface area contributed by atoms with Crippen LogP contribution in [0.5, 0.6) is 0 Å². The summed E-state index contributed by atoms with van der Waals surface area (Å²) in [5, 5.41) is 17.2. The second kappa shape index (κ2) is 9.27. The van der Waals surface area contributed by atoms with E-state index in [1.165, 1.54) is 16.1 Å². The number of piperidine rings is 2. The van der Waals surface area contributed by atoms with Crippen LogP contribution in [0.2, 0.25) is 0 Å². The van der Waals surface area contributed by atoms with Crippen molar-refractivity contribution in [1.82, 2.24) is 15.1 Å². The van der Waals surface area contributed by atoms with Crippen molar-refractivity contribution in [3.05, 3.63) is 58.7 Å². The van der Waals surface area contributed by atoms with E-state index in [1.54, 1.807) is 18.2 Å². The molecule has 0 saturated carbocycles. The summed E-state index contributed by atoms with van der Waals surface area (Å²) in [7, 11) is 0. The number of fused-ring (bicyclic) bond motifs is 2. The van der Waals surface area contributed by atoms with Crippen molar-refractivity contribution in [2.24, 2.45) is 0 Å². The summed E-state index contributed by atoms with van der Waals surface area (Å²) in [6, 6.07) is 10.4. The van der Waals surface area contributed by atoms with Gasteiger partial charge in [0.05, 0.1) is 16.7 Å². The third-order valence-corrected chi connectivity index (χ3v) is 8.86. The van der Waals surface area contributed by atoms with Gasteiger partial charge in [-0.2, -0.15) is 0 Å². The molecule has 0 aromatic heterocycles. The SMILES string of the molecule is O=C1CCC(N2C(=O)c3ccc(C4(O)CCN(Cc5ccc6c(c5)NCCS6)CC4)cc3C2=O)C(=O)N1. The molecule has 0 spiro atoms. The zero-order valence-corrected chi connectivity index (χ0v) is 21.1. The van der Waals surface area contributed by atoms with Gasteiger partial charge in [0.25, 0.3) is 11.8 Å². The van der Waals surface area contributed by atoms with E-state index >= 15 is 0 Å². The molecule has 6 rings (SSSR count). The van der Waals surface area contributed by atoms with Gasteiger partial charge in [-0.05, 0) is 54.7 Å². The molecular formula is C27H28N4O5S. The molecule has 4 aliphatic heterocycles. The first-order valence-corrected chi connectivity index (χ1v) is 13.6. The third kappa shape index (κ3) is 4.32. The molecule has 4 aliphatic rings. The molecule has 192 valence electrons. The Labute approximate surface area is 218 Å². The maximum absolute atomic E-state index is 13.2. The molecule has 1 unspecified atom stereocenters. The summed E-state index contributed by atoms with van der Waals surface area (Å²) in [5.74, 6) is -1.06. The van der Waals surface area contributed by atoms with Crippen molar-refractivity contribution in [3.63, 3.8) is 0 Å². The van der Waals surface area contributed by atoms with Crippen molar-refractivity contribution < 1.29 is 24.3 Å². The Morgan fingerprint density at radius 3 is 2.57 bits per heavy atom. The first kappa shape index (κ1) is 24.1. The molecule has 3 N–H and O–H groups in total. The third-order valence-electron chi connectivity index (χ3n) is 7.79.